The summed E-state index contributed by atoms with van der Waals surface area (Å²) in [6, 6.07) is 9.74. The standard InChI is InChI=1S/C13H15N3OS2/c1-17-11-5-3-2-4-10(11)16-8-19-9-6-12(13(14)15)18-7-9/h2-7,16H,8H2,1H3,(H3,14,15). The molecule has 1 aromatic carbocycles. The smallest absolute Gasteiger partial charge is 0.141 e. The fraction of sp³-hybridized carbons (Fsp3) is 0.154. The summed E-state index contributed by atoms with van der Waals surface area (Å²) in [4.78, 5) is 1.91. The second-order valence-corrected chi connectivity index (χ2v) is 5.69. The van der Waals surface area contributed by atoms with Crippen molar-refractivity contribution in [2.45, 2.75) is 4.90 Å². The third kappa shape index (κ3) is 3.65. The highest BCUT2D eigenvalue weighted by atomic mass is 32.2. The number of benzene rings is 1. The number of hydrogen-bond donors (Lipinski definition) is 3. The summed E-state index contributed by atoms with van der Waals surface area (Å²) in [5.74, 6) is 1.68. The van der Waals surface area contributed by atoms with Crippen LogP contribution in [0.4, 0.5) is 5.69 Å². The average Bonchev–Trinajstić information content (AvgIpc) is 2.88. The van der Waals surface area contributed by atoms with Crippen LogP contribution in [-0.2, 0) is 0 Å². The number of nitrogen functional groups attached to an aromatic ring is 1. The molecule has 2 aromatic rings. The minimum Gasteiger partial charge on any atom is -0.495 e. The molecule has 0 aliphatic heterocycles. The molecule has 19 heavy (non-hydrogen) atoms. The highest BCUT2D eigenvalue weighted by Gasteiger charge is 2.04. The van der Waals surface area contributed by atoms with Gasteiger partial charge in [0.15, 0.2) is 0 Å². The van der Waals surface area contributed by atoms with Crippen LogP contribution in [0.3, 0.4) is 0 Å². The first-order chi connectivity index (χ1) is 9.20. The fourth-order valence-corrected chi connectivity index (χ4v) is 3.24. The number of amidine groups is 1. The van der Waals surface area contributed by atoms with Crippen LogP contribution >= 0.6 is 23.1 Å². The largest absolute Gasteiger partial charge is 0.495 e. The highest BCUT2D eigenvalue weighted by molar-refractivity contribution is 7.99. The SMILES string of the molecule is COc1ccccc1NCSc1csc(C(=N)N)c1. The van der Waals surface area contributed by atoms with Crippen molar-refractivity contribution in [1.29, 1.82) is 5.41 Å². The van der Waals surface area contributed by atoms with Crippen molar-refractivity contribution >= 4 is 34.6 Å². The third-order valence-electron chi connectivity index (χ3n) is 2.45. The van der Waals surface area contributed by atoms with Gasteiger partial charge in [-0.1, -0.05) is 12.1 Å². The molecule has 1 heterocycles. The van der Waals surface area contributed by atoms with Crippen LogP contribution in [0, 0.1) is 5.41 Å². The van der Waals surface area contributed by atoms with Gasteiger partial charge < -0.3 is 15.8 Å². The molecule has 1 aromatic heterocycles. The molecule has 100 valence electrons. The zero-order valence-corrected chi connectivity index (χ0v) is 12.1. The van der Waals surface area contributed by atoms with Gasteiger partial charge in [0.25, 0.3) is 0 Å². The fourth-order valence-electron chi connectivity index (χ4n) is 1.52. The van der Waals surface area contributed by atoms with E-state index in [1.165, 1.54) is 11.3 Å². The molecule has 0 aliphatic carbocycles. The van der Waals surface area contributed by atoms with E-state index < -0.39 is 0 Å². The maximum Gasteiger partial charge on any atom is 0.141 e. The summed E-state index contributed by atoms with van der Waals surface area (Å²) in [6.07, 6.45) is 0. The van der Waals surface area contributed by atoms with Crippen LogP contribution in [0.2, 0.25) is 0 Å². The van der Waals surface area contributed by atoms with E-state index in [2.05, 4.69) is 5.32 Å². The predicted molar refractivity (Wildman–Crippen MR) is 82.7 cm³/mol. The zero-order chi connectivity index (χ0) is 13.7. The molecule has 0 radical (unpaired) electrons. The van der Waals surface area contributed by atoms with E-state index in [-0.39, 0.29) is 5.84 Å². The molecule has 0 unspecified atom stereocenters. The van der Waals surface area contributed by atoms with Gasteiger partial charge in [0.1, 0.15) is 11.6 Å². The van der Waals surface area contributed by atoms with Crippen molar-refractivity contribution < 1.29 is 4.74 Å². The number of nitrogens with one attached hydrogen (secondary N) is 2. The minimum absolute atomic E-state index is 0.120. The summed E-state index contributed by atoms with van der Waals surface area (Å²) >= 11 is 3.15. The Hall–Kier alpha value is -1.66. The molecule has 6 heteroatoms. The van der Waals surface area contributed by atoms with Gasteiger partial charge >= 0.3 is 0 Å². The van der Waals surface area contributed by atoms with Crippen LogP contribution in [0.25, 0.3) is 0 Å². The van der Waals surface area contributed by atoms with Crippen molar-refractivity contribution in [3.05, 3.63) is 40.6 Å². The van der Waals surface area contributed by atoms with Gasteiger partial charge in [-0.2, -0.15) is 0 Å². The lowest BCUT2D eigenvalue weighted by Crippen LogP contribution is -2.08. The van der Waals surface area contributed by atoms with Gasteiger partial charge in [0.05, 0.1) is 23.6 Å². The Morgan fingerprint density at radius 3 is 2.95 bits per heavy atom. The van der Waals surface area contributed by atoms with E-state index in [9.17, 15) is 0 Å². The number of hydrogen-bond acceptors (Lipinski definition) is 5. The van der Waals surface area contributed by atoms with Crippen molar-refractivity contribution in [3.63, 3.8) is 0 Å². The molecule has 0 saturated heterocycles. The number of thiophene rings is 1. The second-order valence-electron chi connectivity index (χ2n) is 3.73. The Labute approximate surface area is 120 Å². The summed E-state index contributed by atoms with van der Waals surface area (Å²) < 4.78 is 5.27. The van der Waals surface area contributed by atoms with Gasteiger partial charge in [0.2, 0.25) is 0 Å². The summed E-state index contributed by atoms with van der Waals surface area (Å²) in [7, 11) is 1.66. The van der Waals surface area contributed by atoms with Crippen LogP contribution < -0.4 is 15.8 Å². The van der Waals surface area contributed by atoms with E-state index in [1.807, 2.05) is 35.7 Å². The topological polar surface area (TPSA) is 71.1 Å². The Kier molecular flexibility index (Phi) is 4.70. The molecule has 0 saturated carbocycles. The van der Waals surface area contributed by atoms with Gasteiger partial charge in [-0.15, -0.1) is 23.1 Å². The molecule has 4 nitrogen and oxygen atoms in total. The molecule has 0 amide bonds. The van der Waals surface area contributed by atoms with Gasteiger partial charge in [-0.05, 0) is 18.2 Å². The first-order valence-electron chi connectivity index (χ1n) is 5.63. The van der Waals surface area contributed by atoms with Crippen LogP contribution in [0.15, 0.2) is 40.6 Å². The number of methoxy groups -OCH3 is 1. The molecular weight excluding hydrogens is 278 g/mol. The summed E-state index contributed by atoms with van der Waals surface area (Å²) in [5, 5.41) is 12.7. The van der Waals surface area contributed by atoms with Crippen molar-refractivity contribution in [2.24, 2.45) is 5.73 Å². The monoisotopic (exact) mass is 293 g/mol. The Morgan fingerprint density at radius 1 is 1.47 bits per heavy atom. The lowest BCUT2D eigenvalue weighted by Gasteiger charge is -2.09. The average molecular weight is 293 g/mol. The van der Waals surface area contributed by atoms with E-state index in [0.717, 1.165) is 27.1 Å². The Morgan fingerprint density at radius 2 is 2.26 bits per heavy atom. The molecule has 2 rings (SSSR count). The Bertz CT molecular complexity index is 569. The van der Waals surface area contributed by atoms with Gasteiger partial charge in [-0.25, -0.2) is 0 Å². The van der Waals surface area contributed by atoms with Crippen molar-refractivity contribution in [2.75, 3.05) is 18.3 Å². The number of nitrogens with two attached hydrogens (primary N) is 1. The second kappa shape index (κ2) is 6.49. The molecular formula is C13H15N3OS2. The normalized spacial score (nSPS) is 10.2. The first-order valence-corrected chi connectivity index (χ1v) is 7.50. The maximum atomic E-state index is 7.36. The number of anilines is 1. The number of thioether (sulfide) groups is 1. The quantitative estimate of drug-likeness (QED) is 0.331. The first kappa shape index (κ1) is 13.8. The van der Waals surface area contributed by atoms with Crippen molar-refractivity contribution in [1.82, 2.24) is 0 Å². The van der Waals surface area contributed by atoms with Gasteiger partial charge in [0, 0.05) is 10.3 Å². The van der Waals surface area contributed by atoms with Crippen LogP contribution in [-0.4, -0.2) is 18.8 Å². The van der Waals surface area contributed by atoms with Crippen LogP contribution in [0.5, 0.6) is 5.75 Å². The van der Waals surface area contributed by atoms with E-state index in [0.29, 0.717) is 0 Å². The number of rotatable bonds is 6. The molecule has 0 atom stereocenters. The lowest BCUT2D eigenvalue weighted by atomic mass is 10.3. The maximum absolute atomic E-state index is 7.36. The molecule has 0 spiro atoms. The van der Waals surface area contributed by atoms with Crippen molar-refractivity contribution in [3.8, 4) is 5.75 Å². The van der Waals surface area contributed by atoms with Crippen LogP contribution in [0.1, 0.15) is 4.88 Å². The molecule has 0 bridgehead atoms. The zero-order valence-electron chi connectivity index (χ0n) is 10.5. The number of ether oxygens (including phenoxy) is 1. The predicted octanol–water partition coefficient (Wildman–Crippen LogP) is 3.20. The highest BCUT2D eigenvalue weighted by Crippen LogP contribution is 2.27. The molecule has 0 fully saturated rings. The van der Waals surface area contributed by atoms with Gasteiger partial charge in [-0.3, -0.25) is 5.41 Å². The summed E-state index contributed by atoms with van der Waals surface area (Å²) in [5.41, 5.74) is 6.41. The number of para-hydroxylation sites is 2. The van der Waals surface area contributed by atoms with E-state index in [4.69, 9.17) is 15.9 Å². The molecule has 0 aliphatic rings. The molecule has 4 N–H and O–H groups in total. The van der Waals surface area contributed by atoms with E-state index >= 15 is 0 Å². The lowest BCUT2D eigenvalue weighted by molar-refractivity contribution is 0.416. The van der Waals surface area contributed by atoms with E-state index in [1.54, 1.807) is 18.9 Å². The minimum atomic E-state index is 0.120. The summed E-state index contributed by atoms with van der Waals surface area (Å²) in [6.45, 7) is 0. The Balaban J connectivity index is 1.90. The third-order valence-corrected chi connectivity index (χ3v) is 4.42.